The number of carbonyl (C=O) groups excluding carboxylic acids is 1. The van der Waals surface area contributed by atoms with Crippen LogP contribution in [0.1, 0.15) is 24.8 Å². The summed E-state index contributed by atoms with van der Waals surface area (Å²) in [6.07, 6.45) is 9.38. The Morgan fingerprint density at radius 3 is 2.96 bits per heavy atom. The van der Waals surface area contributed by atoms with Crippen molar-refractivity contribution in [2.75, 3.05) is 13.1 Å². The lowest BCUT2D eigenvalue weighted by Gasteiger charge is -2.33. The first-order chi connectivity index (χ1) is 12.8. The smallest absolute Gasteiger partial charge is 0.224 e. The Labute approximate surface area is 153 Å². The maximum absolute atomic E-state index is 12.7. The van der Waals surface area contributed by atoms with Crippen molar-refractivity contribution in [3.8, 4) is 0 Å². The van der Waals surface area contributed by atoms with Gasteiger partial charge >= 0.3 is 0 Å². The number of amides is 1. The number of aromatic nitrogens is 3. The van der Waals surface area contributed by atoms with E-state index in [-0.39, 0.29) is 5.91 Å². The molecule has 1 atom stereocenters. The van der Waals surface area contributed by atoms with Crippen LogP contribution < -0.4 is 0 Å². The molecule has 3 heterocycles. The van der Waals surface area contributed by atoms with Gasteiger partial charge in [0.1, 0.15) is 0 Å². The number of piperidine rings is 1. The second-order valence-corrected chi connectivity index (χ2v) is 7.09. The minimum atomic E-state index is 0.237. The molecular formula is C21H24N4O. The molecule has 1 amide bonds. The molecule has 0 saturated carbocycles. The molecule has 2 aromatic heterocycles. The van der Waals surface area contributed by atoms with Crippen LogP contribution in [0.4, 0.5) is 0 Å². The minimum absolute atomic E-state index is 0.237. The molecule has 1 saturated heterocycles. The van der Waals surface area contributed by atoms with Gasteiger partial charge in [-0.1, -0.05) is 24.3 Å². The van der Waals surface area contributed by atoms with Crippen LogP contribution in [0.25, 0.3) is 10.9 Å². The zero-order valence-electron chi connectivity index (χ0n) is 14.9. The van der Waals surface area contributed by atoms with Crippen LogP contribution in [0.15, 0.2) is 55.0 Å². The monoisotopic (exact) mass is 348 g/mol. The van der Waals surface area contributed by atoms with Crippen LogP contribution in [0, 0.1) is 5.92 Å². The van der Waals surface area contributed by atoms with Crippen molar-refractivity contribution in [1.82, 2.24) is 19.7 Å². The average Bonchev–Trinajstić information content (AvgIpc) is 3.10. The number of aryl methyl sites for hydroxylation is 1. The Morgan fingerprint density at radius 2 is 2.08 bits per heavy atom. The molecule has 5 heteroatoms. The van der Waals surface area contributed by atoms with Crippen LogP contribution >= 0.6 is 0 Å². The first kappa shape index (κ1) is 16.8. The molecule has 134 valence electrons. The number of pyridine rings is 1. The fourth-order valence-electron chi connectivity index (χ4n) is 3.87. The molecule has 4 rings (SSSR count). The number of benzene rings is 1. The van der Waals surface area contributed by atoms with Gasteiger partial charge in [0.25, 0.3) is 0 Å². The van der Waals surface area contributed by atoms with E-state index >= 15 is 0 Å². The molecule has 0 N–H and O–H groups in total. The quantitative estimate of drug-likeness (QED) is 0.711. The van der Waals surface area contributed by atoms with Gasteiger partial charge in [-0.2, -0.15) is 5.10 Å². The van der Waals surface area contributed by atoms with Gasteiger partial charge in [0.05, 0.1) is 18.3 Å². The third-order valence-electron chi connectivity index (χ3n) is 5.21. The van der Waals surface area contributed by atoms with Gasteiger partial charge in [-0.15, -0.1) is 0 Å². The molecule has 1 aliphatic rings. The molecule has 1 fully saturated rings. The van der Waals surface area contributed by atoms with E-state index in [9.17, 15) is 4.79 Å². The Hall–Kier alpha value is -2.69. The Bertz CT molecular complexity index is 874. The van der Waals surface area contributed by atoms with Gasteiger partial charge in [-0.05, 0) is 42.9 Å². The van der Waals surface area contributed by atoms with Crippen LogP contribution in [-0.2, 0) is 17.8 Å². The summed E-state index contributed by atoms with van der Waals surface area (Å²) in [5.74, 6) is 0.767. The maximum atomic E-state index is 12.7. The molecule has 1 aromatic carbocycles. The van der Waals surface area contributed by atoms with Crippen molar-refractivity contribution in [2.45, 2.75) is 32.2 Å². The summed E-state index contributed by atoms with van der Waals surface area (Å²) in [6.45, 7) is 2.37. The fourth-order valence-corrected chi connectivity index (χ4v) is 3.87. The van der Waals surface area contributed by atoms with E-state index in [1.807, 2.05) is 46.2 Å². The summed E-state index contributed by atoms with van der Waals surface area (Å²) < 4.78 is 1.93. The lowest BCUT2D eigenvalue weighted by Crippen LogP contribution is -2.40. The Balaban J connectivity index is 1.34. The summed E-state index contributed by atoms with van der Waals surface area (Å²) in [5, 5.41) is 5.54. The maximum Gasteiger partial charge on any atom is 0.224 e. The highest BCUT2D eigenvalue weighted by Gasteiger charge is 2.23. The highest BCUT2D eigenvalue weighted by atomic mass is 16.2. The molecule has 5 nitrogen and oxygen atoms in total. The normalized spacial score (nSPS) is 17.5. The number of para-hydroxylation sites is 1. The van der Waals surface area contributed by atoms with E-state index in [1.165, 1.54) is 12.0 Å². The van der Waals surface area contributed by atoms with Crippen LogP contribution in [0.5, 0.6) is 0 Å². The van der Waals surface area contributed by atoms with Gasteiger partial charge in [-0.3, -0.25) is 14.5 Å². The zero-order valence-corrected chi connectivity index (χ0v) is 14.9. The summed E-state index contributed by atoms with van der Waals surface area (Å²) in [4.78, 5) is 18.9. The molecule has 0 spiro atoms. The highest BCUT2D eigenvalue weighted by molar-refractivity contribution is 5.79. The fraction of sp³-hybridized carbons (Fsp3) is 0.381. The van der Waals surface area contributed by atoms with Crippen molar-refractivity contribution in [2.24, 2.45) is 5.92 Å². The molecule has 0 aliphatic carbocycles. The number of likely N-dealkylation sites (tertiary alicyclic amines) is 1. The second kappa shape index (κ2) is 7.68. The van der Waals surface area contributed by atoms with Gasteiger partial charge in [0, 0.05) is 37.3 Å². The molecule has 26 heavy (non-hydrogen) atoms. The summed E-state index contributed by atoms with van der Waals surface area (Å²) in [7, 11) is 0. The number of hydrogen-bond acceptors (Lipinski definition) is 3. The van der Waals surface area contributed by atoms with E-state index in [0.29, 0.717) is 18.9 Å². The number of rotatable bonds is 5. The van der Waals surface area contributed by atoms with Crippen molar-refractivity contribution < 1.29 is 4.79 Å². The number of nitrogens with zero attached hydrogens (tertiary/aromatic N) is 4. The highest BCUT2D eigenvalue weighted by Crippen LogP contribution is 2.21. The summed E-state index contributed by atoms with van der Waals surface area (Å²) in [6, 6.07) is 12.2. The lowest BCUT2D eigenvalue weighted by atomic mass is 9.92. The first-order valence-corrected chi connectivity index (χ1v) is 9.37. The number of fused-ring (bicyclic) bond motifs is 1. The second-order valence-electron chi connectivity index (χ2n) is 7.09. The SMILES string of the molecule is O=C(CCn1ncc2ccccc21)N1CCC[C@H](Cc2cccnc2)C1. The molecule has 0 unspecified atom stereocenters. The first-order valence-electron chi connectivity index (χ1n) is 9.37. The van der Waals surface area contributed by atoms with Gasteiger partial charge < -0.3 is 4.90 Å². The van der Waals surface area contributed by atoms with Crippen molar-refractivity contribution >= 4 is 16.8 Å². The van der Waals surface area contributed by atoms with E-state index < -0.39 is 0 Å². The number of carbonyl (C=O) groups is 1. The Morgan fingerprint density at radius 1 is 1.15 bits per heavy atom. The van der Waals surface area contributed by atoms with Crippen LogP contribution in [0.3, 0.4) is 0 Å². The van der Waals surface area contributed by atoms with E-state index in [4.69, 9.17) is 0 Å². The van der Waals surface area contributed by atoms with Crippen molar-refractivity contribution in [3.05, 3.63) is 60.6 Å². The predicted octanol–water partition coefficient (Wildman–Crippen LogP) is 3.30. The summed E-state index contributed by atoms with van der Waals surface area (Å²) >= 11 is 0. The molecule has 1 aliphatic heterocycles. The standard InChI is InChI=1S/C21H24N4O/c26-21(9-12-25-20-8-2-1-7-19(20)15-23-25)24-11-4-6-18(16-24)13-17-5-3-10-22-14-17/h1-3,5,7-8,10,14-15,18H,4,6,9,11-13,16H2/t18-/m1/s1. The van der Waals surface area contributed by atoms with Gasteiger partial charge in [0.15, 0.2) is 0 Å². The Kier molecular flexibility index (Phi) is 4.95. The molecule has 0 radical (unpaired) electrons. The topological polar surface area (TPSA) is 51.0 Å². The minimum Gasteiger partial charge on any atom is -0.342 e. The largest absolute Gasteiger partial charge is 0.342 e. The molecule has 0 bridgehead atoms. The zero-order chi connectivity index (χ0) is 17.8. The average molecular weight is 348 g/mol. The van der Waals surface area contributed by atoms with Gasteiger partial charge in [0.2, 0.25) is 5.91 Å². The molecular weight excluding hydrogens is 324 g/mol. The van der Waals surface area contributed by atoms with E-state index in [1.54, 1.807) is 6.20 Å². The van der Waals surface area contributed by atoms with Crippen molar-refractivity contribution in [3.63, 3.8) is 0 Å². The molecule has 3 aromatic rings. The van der Waals surface area contributed by atoms with Crippen LogP contribution in [0.2, 0.25) is 0 Å². The summed E-state index contributed by atoms with van der Waals surface area (Å²) in [5.41, 5.74) is 2.35. The van der Waals surface area contributed by atoms with Gasteiger partial charge in [-0.25, -0.2) is 0 Å². The lowest BCUT2D eigenvalue weighted by molar-refractivity contribution is -0.133. The van der Waals surface area contributed by atoms with Crippen molar-refractivity contribution in [1.29, 1.82) is 0 Å². The third-order valence-corrected chi connectivity index (χ3v) is 5.21. The van der Waals surface area contributed by atoms with E-state index in [0.717, 1.165) is 36.8 Å². The van der Waals surface area contributed by atoms with Crippen LogP contribution in [-0.4, -0.2) is 38.7 Å². The third kappa shape index (κ3) is 3.77. The number of hydrogen-bond donors (Lipinski definition) is 0. The predicted molar refractivity (Wildman–Crippen MR) is 102 cm³/mol. The van der Waals surface area contributed by atoms with E-state index in [2.05, 4.69) is 22.2 Å².